The zero-order valence-corrected chi connectivity index (χ0v) is 15.0. The van der Waals surface area contributed by atoms with Crippen LogP contribution < -0.4 is 0 Å². The van der Waals surface area contributed by atoms with Gasteiger partial charge >= 0.3 is 5.97 Å². The lowest BCUT2D eigenvalue weighted by molar-refractivity contribution is -0.154. The maximum atomic E-state index is 12.7. The van der Waals surface area contributed by atoms with E-state index in [2.05, 4.69) is 0 Å². The Kier molecular flexibility index (Phi) is 8.83. The summed E-state index contributed by atoms with van der Waals surface area (Å²) in [6.45, 7) is 10.5. The third-order valence-corrected chi connectivity index (χ3v) is 4.42. The molecule has 0 bridgehead atoms. The molecule has 0 radical (unpaired) electrons. The quantitative estimate of drug-likeness (QED) is 0.425. The van der Waals surface area contributed by atoms with Crippen LogP contribution in [-0.2, 0) is 9.53 Å². The maximum Gasteiger partial charge on any atom is 0.319 e. The number of ether oxygens (including phenoxy) is 1. The molecule has 0 aliphatic heterocycles. The summed E-state index contributed by atoms with van der Waals surface area (Å²) in [7, 11) is 0. The predicted octanol–water partition coefficient (Wildman–Crippen LogP) is 5.30. The van der Waals surface area contributed by atoms with Crippen molar-refractivity contribution in [2.75, 3.05) is 5.75 Å². The molecule has 0 amide bonds. The molecule has 2 nitrogen and oxygen atoms in total. The average Bonchev–Trinajstić information content (AvgIpc) is 2.22. The molecule has 0 fully saturated rings. The zero-order valence-electron chi connectivity index (χ0n) is 14.2. The van der Waals surface area contributed by atoms with E-state index in [1.807, 2.05) is 34.6 Å². The van der Waals surface area contributed by atoms with Crippen molar-refractivity contribution in [3.05, 3.63) is 0 Å². The number of unbranched alkanes of at least 4 members (excludes halogenated alkanes) is 2. The van der Waals surface area contributed by atoms with Crippen molar-refractivity contribution in [1.29, 1.82) is 0 Å². The number of thioether (sulfide) groups is 1. The standard InChI is InChI=1S/C16H30F2O2S/c1-12(2)13(14(19)20-15(3,4)5)21-11-9-7-8-10-16(6,17)18/h12-13H,7-11H2,1-6H3. The number of esters is 1. The molecule has 0 aromatic rings. The molecule has 0 aliphatic rings. The number of halogens is 2. The van der Waals surface area contributed by atoms with Crippen LogP contribution in [0.4, 0.5) is 8.78 Å². The summed E-state index contributed by atoms with van der Waals surface area (Å²) in [5.41, 5.74) is -0.475. The lowest BCUT2D eigenvalue weighted by Crippen LogP contribution is -2.33. The van der Waals surface area contributed by atoms with Crippen molar-refractivity contribution >= 4 is 17.7 Å². The SMILES string of the molecule is CC(C)C(SCCCCCC(C)(F)F)C(=O)OC(C)(C)C. The molecular weight excluding hydrogens is 294 g/mol. The van der Waals surface area contributed by atoms with Gasteiger partial charge in [0.15, 0.2) is 0 Å². The largest absolute Gasteiger partial charge is 0.459 e. The molecule has 5 heteroatoms. The lowest BCUT2D eigenvalue weighted by Gasteiger charge is -2.25. The second-order valence-corrected chi connectivity index (χ2v) is 8.20. The monoisotopic (exact) mass is 324 g/mol. The summed E-state index contributed by atoms with van der Waals surface area (Å²) in [4.78, 5) is 12.1. The van der Waals surface area contributed by atoms with Crippen molar-refractivity contribution < 1.29 is 18.3 Å². The smallest absolute Gasteiger partial charge is 0.319 e. The van der Waals surface area contributed by atoms with E-state index in [-0.39, 0.29) is 23.6 Å². The lowest BCUT2D eigenvalue weighted by atomic mass is 10.1. The molecule has 0 rings (SSSR count). The molecule has 0 N–H and O–H groups in total. The van der Waals surface area contributed by atoms with Crippen LogP contribution in [0, 0.1) is 5.92 Å². The Bertz CT molecular complexity index is 306. The second-order valence-electron chi connectivity index (χ2n) is 6.95. The Morgan fingerprint density at radius 3 is 2.10 bits per heavy atom. The summed E-state index contributed by atoms with van der Waals surface area (Å²) < 4.78 is 30.8. The van der Waals surface area contributed by atoms with Crippen LogP contribution in [0.3, 0.4) is 0 Å². The molecule has 0 saturated carbocycles. The van der Waals surface area contributed by atoms with E-state index in [0.717, 1.165) is 25.5 Å². The van der Waals surface area contributed by atoms with Crippen molar-refractivity contribution in [2.24, 2.45) is 5.92 Å². The number of hydrogen-bond donors (Lipinski definition) is 0. The number of carbonyl (C=O) groups is 1. The highest BCUT2D eigenvalue weighted by atomic mass is 32.2. The molecule has 0 saturated heterocycles. The highest BCUT2D eigenvalue weighted by Gasteiger charge is 2.28. The molecule has 0 aromatic heterocycles. The van der Waals surface area contributed by atoms with Crippen LogP contribution in [0.2, 0.25) is 0 Å². The van der Waals surface area contributed by atoms with Gasteiger partial charge in [-0.2, -0.15) is 0 Å². The van der Waals surface area contributed by atoms with Crippen LogP contribution in [-0.4, -0.2) is 28.5 Å². The van der Waals surface area contributed by atoms with E-state index >= 15 is 0 Å². The fraction of sp³-hybridized carbons (Fsp3) is 0.938. The Labute approximate surface area is 132 Å². The zero-order chi connectivity index (χ0) is 16.7. The Morgan fingerprint density at radius 2 is 1.67 bits per heavy atom. The van der Waals surface area contributed by atoms with E-state index in [9.17, 15) is 13.6 Å². The fourth-order valence-corrected chi connectivity index (χ4v) is 3.01. The number of carbonyl (C=O) groups excluding carboxylic acids is 1. The fourth-order valence-electron chi connectivity index (χ4n) is 1.82. The molecule has 1 unspecified atom stereocenters. The van der Waals surface area contributed by atoms with Crippen molar-refractivity contribution in [1.82, 2.24) is 0 Å². The first kappa shape index (κ1) is 20.7. The average molecular weight is 324 g/mol. The van der Waals surface area contributed by atoms with Gasteiger partial charge in [0.1, 0.15) is 10.9 Å². The highest BCUT2D eigenvalue weighted by Crippen LogP contribution is 2.25. The topological polar surface area (TPSA) is 26.3 Å². The summed E-state index contributed by atoms with van der Waals surface area (Å²) in [5, 5.41) is -0.183. The van der Waals surface area contributed by atoms with Crippen LogP contribution in [0.15, 0.2) is 0 Å². The second kappa shape index (κ2) is 8.96. The van der Waals surface area contributed by atoms with Gasteiger partial charge in [-0.3, -0.25) is 4.79 Å². The first-order valence-electron chi connectivity index (χ1n) is 7.64. The number of rotatable bonds is 9. The van der Waals surface area contributed by atoms with E-state index in [0.29, 0.717) is 6.42 Å². The molecular formula is C16H30F2O2S. The van der Waals surface area contributed by atoms with Crippen molar-refractivity contribution in [3.8, 4) is 0 Å². The van der Waals surface area contributed by atoms with Gasteiger partial charge in [-0.15, -0.1) is 11.8 Å². The van der Waals surface area contributed by atoms with Crippen molar-refractivity contribution in [3.63, 3.8) is 0 Å². The van der Waals surface area contributed by atoms with E-state index < -0.39 is 11.5 Å². The van der Waals surface area contributed by atoms with Crippen LogP contribution in [0.5, 0.6) is 0 Å². The third-order valence-electron chi connectivity index (χ3n) is 2.80. The van der Waals surface area contributed by atoms with Gasteiger partial charge < -0.3 is 4.74 Å². The van der Waals surface area contributed by atoms with Crippen LogP contribution >= 0.6 is 11.8 Å². The van der Waals surface area contributed by atoms with E-state index in [4.69, 9.17) is 4.74 Å². The van der Waals surface area contributed by atoms with Gasteiger partial charge in [-0.25, -0.2) is 8.78 Å². The molecule has 0 aliphatic carbocycles. The first-order valence-corrected chi connectivity index (χ1v) is 8.69. The Morgan fingerprint density at radius 1 is 1.10 bits per heavy atom. The van der Waals surface area contributed by atoms with Gasteiger partial charge in [0, 0.05) is 6.42 Å². The van der Waals surface area contributed by atoms with Gasteiger partial charge in [-0.05, 0) is 52.2 Å². The molecule has 1 atom stereocenters. The van der Waals surface area contributed by atoms with E-state index in [1.165, 1.54) is 0 Å². The van der Waals surface area contributed by atoms with Gasteiger partial charge in [0.2, 0.25) is 5.92 Å². The van der Waals surface area contributed by atoms with Gasteiger partial charge in [-0.1, -0.05) is 20.3 Å². The molecule has 21 heavy (non-hydrogen) atoms. The molecule has 0 heterocycles. The minimum Gasteiger partial charge on any atom is -0.459 e. The third kappa shape index (κ3) is 12.0. The van der Waals surface area contributed by atoms with Crippen molar-refractivity contribution in [2.45, 2.75) is 84.0 Å². The number of hydrogen-bond acceptors (Lipinski definition) is 3. The minimum absolute atomic E-state index is 0.0582. The summed E-state index contributed by atoms with van der Waals surface area (Å²) >= 11 is 1.57. The summed E-state index contributed by atoms with van der Waals surface area (Å²) in [6, 6.07) is 0. The molecule has 0 aromatic carbocycles. The summed E-state index contributed by atoms with van der Waals surface area (Å²) in [5.74, 6) is -1.74. The van der Waals surface area contributed by atoms with E-state index in [1.54, 1.807) is 11.8 Å². The summed E-state index contributed by atoms with van der Waals surface area (Å²) in [6.07, 6.45) is 2.10. The Hall–Kier alpha value is -0.320. The van der Waals surface area contributed by atoms with Crippen LogP contribution in [0.1, 0.15) is 67.2 Å². The van der Waals surface area contributed by atoms with Crippen LogP contribution in [0.25, 0.3) is 0 Å². The Balaban J connectivity index is 4.04. The molecule has 0 spiro atoms. The van der Waals surface area contributed by atoms with Gasteiger partial charge in [0.25, 0.3) is 0 Å². The predicted molar refractivity (Wildman–Crippen MR) is 86.0 cm³/mol. The highest BCUT2D eigenvalue weighted by molar-refractivity contribution is 8.00. The number of alkyl halides is 2. The molecule has 126 valence electrons. The van der Waals surface area contributed by atoms with Gasteiger partial charge in [0.05, 0.1) is 0 Å². The normalized spacial score (nSPS) is 14.3. The maximum absolute atomic E-state index is 12.7. The minimum atomic E-state index is -2.57. The first-order chi connectivity index (χ1) is 9.42.